The zero-order valence-corrected chi connectivity index (χ0v) is 23.2. The minimum Gasteiger partial charge on any atom is -0.497 e. The lowest BCUT2D eigenvalue weighted by Gasteiger charge is -2.46. The second-order valence-corrected chi connectivity index (χ2v) is 15.0. The van der Waals surface area contributed by atoms with E-state index < -0.39 is 31.4 Å². The lowest BCUT2D eigenvalue weighted by Crippen LogP contribution is -2.50. The Kier molecular flexibility index (Phi) is 11.4. The van der Waals surface area contributed by atoms with Crippen molar-refractivity contribution >= 4 is 25.8 Å². The highest BCUT2D eigenvalue weighted by Crippen LogP contribution is 2.46. The topological polar surface area (TPSA) is 98.2 Å². The Bertz CT molecular complexity index is 870. The van der Waals surface area contributed by atoms with Crippen molar-refractivity contribution in [2.45, 2.75) is 96.4 Å². The molecular weight excluding hydrogens is 448 g/mol. The van der Waals surface area contributed by atoms with E-state index in [-0.39, 0.29) is 11.5 Å². The molecule has 0 amide bonds. The lowest BCUT2D eigenvalue weighted by molar-refractivity contribution is -0.140. The number of rotatable bonds is 14. The van der Waals surface area contributed by atoms with E-state index in [2.05, 4.69) is 50.3 Å². The fraction of sp³-hybridized carbons (Fsp3) is 0.654. The maximum atomic E-state index is 13.3. The number of methoxy groups -OCH3 is 2. The molecule has 34 heavy (non-hydrogen) atoms. The van der Waals surface area contributed by atoms with Crippen molar-refractivity contribution in [1.29, 1.82) is 0 Å². The van der Waals surface area contributed by atoms with Crippen LogP contribution in [0.4, 0.5) is 0 Å². The highest BCUT2D eigenvalue weighted by atomic mass is 28.4. The third-order valence-corrected chi connectivity index (χ3v) is 11.3. The molecule has 0 radical (unpaired) electrons. The Balaban J connectivity index is 3.58. The van der Waals surface area contributed by atoms with Crippen LogP contribution in [0.3, 0.4) is 0 Å². The molecule has 0 saturated heterocycles. The quantitative estimate of drug-likeness (QED) is 0.0599. The van der Waals surface area contributed by atoms with Gasteiger partial charge in [-0.15, -0.1) is 0 Å². The number of hydrogen-bond acceptors (Lipinski definition) is 5. The molecule has 0 fully saturated rings. The maximum Gasteiger partial charge on any atom is 0.441 e. The van der Waals surface area contributed by atoms with Crippen molar-refractivity contribution < 1.29 is 28.3 Å². The summed E-state index contributed by atoms with van der Waals surface area (Å²) in [6.07, 6.45) is 5.74. The number of ether oxygens (including phenoxy) is 2. The summed E-state index contributed by atoms with van der Waals surface area (Å²) in [6.45, 7) is 12.9. The largest absolute Gasteiger partial charge is 0.497 e. The van der Waals surface area contributed by atoms with E-state index in [0.29, 0.717) is 12.2 Å². The molecule has 0 spiro atoms. The van der Waals surface area contributed by atoms with Gasteiger partial charge in [0.1, 0.15) is 5.75 Å². The third-order valence-electron chi connectivity index (χ3n) is 6.75. The normalized spacial score (nSPS) is 13.5. The van der Waals surface area contributed by atoms with Crippen LogP contribution < -0.4 is 4.74 Å². The number of Topliss-reactive ketones (excluding diaryl/α,β-unsaturated/α-hetero) is 1. The summed E-state index contributed by atoms with van der Waals surface area (Å²) in [5.41, 5.74) is 8.62. The van der Waals surface area contributed by atoms with Gasteiger partial charge in [0, 0.05) is 0 Å². The predicted molar refractivity (Wildman–Crippen MR) is 137 cm³/mol. The van der Waals surface area contributed by atoms with Crippen LogP contribution in [-0.2, 0) is 24.4 Å². The van der Waals surface area contributed by atoms with Crippen LogP contribution in [0.15, 0.2) is 24.3 Å². The second-order valence-electron chi connectivity index (χ2n) is 10.3. The summed E-state index contributed by atoms with van der Waals surface area (Å²) in [6, 6.07) is 7.53. The number of hydrogen-bond donors (Lipinski definition) is 0. The first-order chi connectivity index (χ1) is 15.9. The van der Waals surface area contributed by atoms with Crippen molar-refractivity contribution in [1.82, 2.24) is 0 Å². The van der Waals surface area contributed by atoms with E-state index in [4.69, 9.17) is 9.16 Å². The van der Waals surface area contributed by atoms with Gasteiger partial charge in [0.15, 0.2) is 8.32 Å². The van der Waals surface area contributed by atoms with Gasteiger partial charge >= 0.3 is 11.7 Å². The zero-order valence-electron chi connectivity index (χ0n) is 22.2. The zero-order chi connectivity index (χ0) is 26.0. The standard InChI is InChI=1S/C26H42N2O5Si/c1-9-10-11-12-13-18-26(33-34(7,8)25(2,3)4,20-14-16-21(31-5)17-15-20)19-22(29)23(28-27)24(30)32-6/h14-17H,9-13,18-19H2,1-8H3. The van der Waals surface area contributed by atoms with Gasteiger partial charge in [-0.05, 0) is 42.2 Å². The smallest absolute Gasteiger partial charge is 0.441 e. The monoisotopic (exact) mass is 490 g/mol. The van der Waals surface area contributed by atoms with Gasteiger partial charge < -0.3 is 19.4 Å². The first kappa shape index (κ1) is 29.7. The molecule has 0 aliphatic carbocycles. The Morgan fingerprint density at radius 3 is 2.06 bits per heavy atom. The maximum absolute atomic E-state index is 13.3. The van der Waals surface area contributed by atoms with E-state index in [9.17, 15) is 15.1 Å². The summed E-state index contributed by atoms with van der Waals surface area (Å²) in [7, 11) is 0.384. The van der Waals surface area contributed by atoms with Crippen LogP contribution >= 0.6 is 0 Å². The van der Waals surface area contributed by atoms with E-state index in [1.165, 1.54) is 0 Å². The van der Waals surface area contributed by atoms with Gasteiger partial charge in [-0.1, -0.05) is 71.9 Å². The first-order valence-electron chi connectivity index (χ1n) is 12.1. The number of carbonyl (C=O) groups excluding carboxylic acids is 2. The highest BCUT2D eigenvalue weighted by molar-refractivity contribution is 6.74. The number of esters is 1. The molecule has 0 bridgehead atoms. The van der Waals surface area contributed by atoms with E-state index in [0.717, 1.165) is 44.8 Å². The predicted octanol–water partition coefficient (Wildman–Crippen LogP) is 6.08. The third kappa shape index (κ3) is 7.89. The number of carbonyl (C=O) groups is 2. The lowest BCUT2D eigenvalue weighted by atomic mass is 9.83. The molecule has 8 heteroatoms. The average Bonchev–Trinajstić information content (AvgIpc) is 2.78. The van der Waals surface area contributed by atoms with Crippen molar-refractivity contribution in [3.63, 3.8) is 0 Å². The molecule has 0 N–H and O–H groups in total. The summed E-state index contributed by atoms with van der Waals surface area (Å²) < 4.78 is 17.0. The molecule has 1 atom stereocenters. The molecule has 0 aliphatic rings. The highest BCUT2D eigenvalue weighted by Gasteiger charge is 2.48. The molecule has 0 aliphatic heterocycles. The van der Waals surface area contributed by atoms with E-state index in [1.807, 2.05) is 24.3 Å². The van der Waals surface area contributed by atoms with Crippen molar-refractivity contribution in [2.24, 2.45) is 0 Å². The fourth-order valence-electron chi connectivity index (χ4n) is 3.68. The molecule has 1 rings (SSSR count). The van der Waals surface area contributed by atoms with Gasteiger partial charge in [-0.2, -0.15) is 4.79 Å². The van der Waals surface area contributed by atoms with Gasteiger partial charge in [0.05, 0.1) is 26.2 Å². The number of unbranched alkanes of at least 4 members (excludes halogenated alkanes) is 4. The minimum atomic E-state index is -2.37. The van der Waals surface area contributed by atoms with Crippen LogP contribution in [-0.4, -0.2) is 44.8 Å². The summed E-state index contributed by atoms with van der Waals surface area (Å²) in [5, 5.41) is -0.105. The van der Waals surface area contributed by atoms with Gasteiger partial charge in [-0.25, -0.2) is 4.79 Å². The molecule has 0 heterocycles. The van der Waals surface area contributed by atoms with Gasteiger partial charge in [-0.3, -0.25) is 4.79 Å². The fourth-order valence-corrected chi connectivity index (χ4v) is 5.26. The number of ketones is 1. The second kappa shape index (κ2) is 13.0. The summed E-state index contributed by atoms with van der Waals surface area (Å²) in [5.74, 6) is -0.879. The van der Waals surface area contributed by atoms with Crippen LogP contribution in [0.25, 0.3) is 5.53 Å². The molecule has 190 valence electrons. The Morgan fingerprint density at radius 1 is 1.00 bits per heavy atom. The van der Waals surface area contributed by atoms with Crippen molar-refractivity contribution in [2.75, 3.05) is 14.2 Å². The molecule has 0 saturated carbocycles. The number of nitrogens with zero attached hydrogens (tertiary/aromatic N) is 2. The van der Waals surface area contributed by atoms with Crippen molar-refractivity contribution in [3.05, 3.63) is 35.4 Å². The van der Waals surface area contributed by atoms with E-state index in [1.54, 1.807) is 7.11 Å². The van der Waals surface area contributed by atoms with E-state index >= 15 is 0 Å². The Labute approximate surface area is 205 Å². The van der Waals surface area contributed by atoms with Gasteiger partial charge in [0.2, 0.25) is 0 Å². The van der Waals surface area contributed by atoms with Crippen LogP contribution in [0.5, 0.6) is 5.75 Å². The molecule has 1 unspecified atom stereocenters. The Morgan fingerprint density at radius 2 is 1.59 bits per heavy atom. The van der Waals surface area contributed by atoms with Crippen LogP contribution in [0, 0.1) is 0 Å². The van der Waals surface area contributed by atoms with Crippen LogP contribution in [0.1, 0.15) is 78.2 Å². The minimum absolute atomic E-state index is 0.105. The number of benzene rings is 1. The molecule has 0 aromatic heterocycles. The Hall–Kier alpha value is -2.28. The summed E-state index contributed by atoms with van der Waals surface area (Å²) >= 11 is 0. The molecule has 7 nitrogen and oxygen atoms in total. The van der Waals surface area contributed by atoms with Gasteiger partial charge in [0.25, 0.3) is 5.78 Å². The molecular formula is C26H42N2O5Si. The SMILES string of the molecule is CCCCCCCC(CC(=O)C(=[N+]=[N-])C(=O)OC)(O[Si](C)(C)C(C)(C)C)c1ccc(OC)cc1. The first-order valence-corrected chi connectivity index (χ1v) is 15.0. The van der Waals surface area contributed by atoms with Crippen LogP contribution in [0.2, 0.25) is 18.1 Å². The molecule has 1 aromatic carbocycles. The van der Waals surface area contributed by atoms with Crippen molar-refractivity contribution in [3.8, 4) is 5.75 Å². The average molecular weight is 491 g/mol. The molecule has 1 aromatic rings. The summed E-state index contributed by atoms with van der Waals surface area (Å²) in [4.78, 5) is 28.3.